The number of rotatable bonds is 10. The molecule has 0 aliphatic carbocycles. The number of nitrogens with one attached hydrogen (secondary N) is 1. The van der Waals surface area contributed by atoms with Gasteiger partial charge >= 0.3 is 0 Å². The van der Waals surface area contributed by atoms with Crippen LogP contribution in [0.1, 0.15) is 12.5 Å². The van der Waals surface area contributed by atoms with E-state index < -0.39 is 15.9 Å². The van der Waals surface area contributed by atoms with Crippen LogP contribution in [-0.2, 0) is 24.4 Å². The summed E-state index contributed by atoms with van der Waals surface area (Å²) in [7, 11) is -2.29. The van der Waals surface area contributed by atoms with Crippen molar-refractivity contribution in [3.63, 3.8) is 0 Å². The number of oxime groups is 1. The number of ether oxygens (including phenoxy) is 3. The fourth-order valence-electron chi connectivity index (χ4n) is 3.08. The zero-order valence-corrected chi connectivity index (χ0v) is 19.3. The Hall–Kier alpha value is -3.15. The number of methoxy groups -OCH3 is 1. The fourth-order valence-corrected chi connectivity index (χ4v) is 4.51. The molecule has 2 aromatic rings. The average Bonchev–Trinajstić information content (AvgIpc) is 2.83. The molecule has 0 unspecified atom stereocenters. The molecule has 178 valence electrons. The van der Waals surface area contributed by atoms with Crippen molar-refractivity contribution in [2.45, 2.75) is 11.8 Å². The van der Waals surface area contributed by atoms with E-state index in [1.165, 1.54) is 35.8 Å². The molecular formula is C22H27N3O7S. The first-order chi connectivity index (χ1) is 15.9. The van der Waals surface area contributed by atoms with Gasteiger partial charge in [-0.1, -0.05) is 5.16 Å². The molecule has 0 bridgehead atoms. The molecule has 1 amide bonds. The highest BCUT2D eigenvalue weighted by Gasteiger charge is 2.27. The third kappa shape index (κ3) is 6.67. The predicted octanol–water partition coefficient (Wildman–Crippen LogP) is 2.10. The molecule has 0 atom stereocenters. The van der Waals surface area contributed by atoms with Crippen molar-refractivity contribution in [2.24, 2.45) is 5.16 Å². The number of carbonyl (C=O) groups excluding carboxylic acids is 1. The molecule has 11 heteroatoms. The minimum absolute atomic E-state index is 0.0509. The Bertz CT molecular complexity index is 1070. The lowest BCUT2D eigenvalue weighted by atomic mass is 10.2. The Morgan fingerprint density at radius 3 is 2.58 bits per heavy atom. The molecule has 33 heavy (non-hydrogen) atoms. The Morgan fingerprint density at radius 2 is 1.91 bits per heavy atom. The summed E-state index contributed by atoms with van der Waals surface area (Å²) < 4.78 is 43.0. The Labute approximate surface area is 193 Å². The van der Waals surface area contributed by atoms with Gasteiger partial charge in [0.05, 0.1) is 43.7 Å². The second-order valence-corrected chi connectivity index (χ2v) is 8.87. The molecule has 10 nitrogen and oxygen atoms in total. The SMILES string of the molecule is CCOc1ccc(/C=N\OCC(=O)Nc2cc(S(=O)(=O)N3CCOCC3)ccc2OC)cc1. The van der Waals surface area contributed by atoms with Gasteiger partial charge in [0.1, 0.15) is 11.5 Å². The van der Waals surface area contributed by atoms with Crippen LogP contribution in [0.25, 0.3) is 0 Å². The van der Waals surface area contributed by atoms with Crippen LogP contribution < -0.4 is 14.8 Å². The molecule has 1 fully saturated rings. The number of carbonyl (C=O) groups is 1. The third-order valence-electron chi connectivity index (χ3n) is 4.72. The monoisotopic (exact) mass is 477 g/mol. The lowest BCUT2D eigenvalue weighted by Gasteiger charge is -2.26. The van der Waals surface area contributed by atoms with Gasteiger partial charge in [-0.25, -0.2) is 8.42 Å². The summed E-state index contributed by atoms with van der Waals surface area (Å²) in [6.07, 6.45) is 1.47. The Kier molecular flexibility index (Phi) is 8.64. The minimum Gasteiger partial charge on any atom is -0.495 e. The zero-order valence-electron chi connectivity index (χ0n) is 18.5. The van der Waals surface area contributed by atoms with Crippen LogP contribution in [0.4, 0.5) is 5.69 Å². The molecule has 0 spiro atoms. The number of amides is 1. The lowest BCUT2D eigenvalue weighted by molar-refractivity contribution is -0.120. The highest BCUT2D eigenvalue weighted by atomic mass is 32.2. The molecule has 0 saturated carbocycles. The van der Waals surface area contributed by atoms with Crippen molar-refractivity contribution in [1.29, 1.82) is 0 Å². The average molecular weight is 478 g/mol. The van der Waals surface area contributed by atoms with Crippen LogP contribution in [-0.4, -0.2) is 71.5 Å². The number of nitrogens with zero attached hydrogens (tertiary/aromatic N) is 2. The maximum absolute atomic E-state index is 12.9. The molecular weight excluding hydrogens is 450 g/mol. The third-order valence-corrected chi connectivity index (χ3v) is 6.61. The normalized spacial score (nSPS) is 14.7. The van der Waals surface area contributed by atoms with E-state index >= 15 is 0 Å². The summed E-state index contributed by atoms with van der Waals surface area (Å²) in [6, 6.07) is 11.5. The summed E-state index contributed by atoms with van der Waals surface area (Å²) in [6.45, 7) is 3.35. The van der Waals surface area contributed by atoms with Gasteiger partial charge in [0, 0.05) is 13.1 Å². The standard InChI is InChI=1S/C22H27N3O7S/c1-3-31-18-6-4-17(5-7-18)15-23-32-16-22(26)24-20-14-19(8-9-21(20)29-2)33(27,28)25-10-12-30-13-11-25/h4-9,14-15H,3,10-13,16H2,1-2H3,(H,24,26)/b23-15-. The largest absolute Gasteiger partial charge is 0.495 e. The van der Waals surface area contributed by atoms with E-state index in [1.54, 1.807) is 0 Å². The second kappa shape index (κ2) is 11.6. The summed E-state index contributed by atoms with van der Waals surface area (Å²) in [5.74, 6) is 0.557. The van der Waals surface area contributed by atoms with E-state index in [9.17, 15) is 13.2 Å². The number of morpholine rings is 1. The quantitative estimate of drug-likeness (QED) is 0.412. The van der Waals surface area contributed by atoms with Crippen LogP contribution in [0.3, 0.4) is 0 Å². The molecule has 1 heterocycles. The molecule has 1 aliphatic rings. The first kappa shape index (κ1) is 24.5. The molecule has 2 aromatic carbocycles. The Morgan fingerprint density at radius 1 is 1.18 bits per heavy atom. The number of benzene rings is 2. The summed E-state index contributed by atoms with van der Waals surface area (Å²) in [4.78, 5) is 17.4. The summed E-state index contributed by atoms with van der Waals surface area (Å²) in [5.41, 5.74) is 0.998. The van der Waals surface area contributed by atoms with Crippen molar-refractivity contribution in [3.8, 4) is 11.5 Å². The van der Waals surface area contributed by atoms with Gasteiger partial charge in [0.25, 0.3) is 5.91 Å². The summed E-state index contributed by atoms with van der Waals surface area (Å²) in [5, 5.41) is 6.40. The van der Waals surface area contributed by atoms with E-state index in [0.717, 1.165) is 11.3 Å². The van der Waals surface area contributed by atoms with E-state index in [1.807, 2.05) is 31.2 Å². The second-order valence-electron chi connectivity index (χ2n) is 6.94. The molecule has 0 radical (unpaired) electrons. The van der Waals surface area contributed by atoms with E-state index in [-0.39, 0.29) is 30.3 Å². The van der Waals surface area contributed by atoms with Crippen molar-refractivity contribution < 1.29 is 32.3 Å². The van der Waals surface area contributed by atoms with Crippen molar-refractivity contribution >= 4 is 27.8 Å². The number of hydrogen-bond acceptors (Lipinski definition) is 8. The lowest BCUT2D eigenvalue weighted by Crippen LogP contribution is -2.40. The van der Waals surface area contributed by atoms with Gasteiger partial charge in [-0.2, -0.15) is 4.31 Å². The first-order valence-corrected chi connectivity index (χ1v) is 11.8. The van der Waals surface area contributed by atoms with Gasteiger partial charge < -0.3 is 24.4 Å². The van der Waals surface area contributed by atoms with Gasteiger partial charge in [-0.3, -0.25) is 4.79 Å². The van der Waals surface area contributed by atoms with Gasteiger partial charge in [0.2, 0.25) is 10.0 Å². The van der Waals surface area contributed by atoms with Crippen LogP contribution >= 0.6 is 0 Å². The topological polar surface area (TPSA) is 116 Å². The van der Waals surface area contributed by atoms with Gasteiger partial charge in [-0.15, -0.1) is 0 Å². The minimum atomic E-state index is -3.72. The highest BCUT2D eigenvalue weighted by Crippen LogP contribution is 2.29. The zero-order chi connectivity index (χ0) is 23.7. The van der Waals surface area contributed by atoms with Gasteiger partial charge in [-0.05, 0) is 55.0 Å². The van der Waals surface area contributed by atoms with Crippen LogP contribution in [0.15, 0.2) is 52.5 Å². The van der Waals surface area contributed by atoms with Crippen LogP contribution in [0.2, 0.25) is 0 Å². The molecule has 1 N–H and O–H groups in total. The number of anilines is 1. The first-order valence-electron chi connectivity index (χ1n) is 10.4. The number of hydrogen-bond donors (Lipinski definition) is 1. The van der Waals surface area contributed by atoms with E-state index in [4.69, 9.17) is 19.0 Å². The summed E-state index contributed by atoms with van der Waals surface area (Å²) >= 11 is 0. The molecule has 0 aromatic heterocycles. The fraction of sp³-hybridized carbons (Fsp3) is 0.364. The van der Waals surface area contributed by atoms with Crippen molar-refractivity contribution in [3.05, 3.63) is 48.0 Å². The predicted molar refractivity (Wildman–Crippen MR) is 122 cm³/mol. The van der Waals surface area contributed by atoms with Crippen molar-refractivity contribution in [1.82, 2.24) is 4.31 Å². The van der Waals surface area contributed by atoms with Crippen LogP contribution in [0.5, 0.6) is 11.5 Å². The molecule has 1 aliphatic heterocycles. The smallest absolute Gasteiger partial charge is 0.265 e. The maximum Gasteiger partial charge on any atom is 0.265 e. The molecule has 1 saturated heterocycles. The highest BCUT2D eigenvalue weighted by molar-refractivity contribution is 7.89. The molecule has 3 rings (SSSR count). The van der Waals surface area contributed by atoms with Gasteiger partial charge in [0.15, 0.2) is 6.61 Å². The maximum atomic E-state index is 12.9. The Balaban J connectivity index is 1.60. The van der Waals surface area contributed by atoms with E-state index in [0.29, 0.717) is 25.6 Å². The van der Waals surface area contributed by atoms with Crippen LogP contribution in [0, 0.1) is 0 Å². The number of sulfonamides is 1. The van der Waals surface area contributed by atoms with E-state index in [2.05, 4.69) is 10.5 Å². The van der Waals surface area contributed by atoms with Crippen molar-refractivity contribution in [2.75, 3.05) is 51.9 Å².